The summed E-state index contributed by atoms with van der Waals surface area (Å²) < 4.78 is 28.1. The Morgan fingerprint density at radius 2 is 2.04 bits per heavy atom. The van der Waals surface area contributed by atoms with Crippen molar-refractivity contribution in [2.45, 2.75) is 31.8 Å². The first-order valence-electron chi connectivity index (χ1n) is 8.01. The highest BCUT2D eigenvalue weighted by Crippen LogP contribution is 2.28. The van der Waals surface area contributed by atoms with Crippen LogP contribution in [0.4, 0.5) is 8.78 Å². The SMILES string of the molecule is CC(O)(CNC(=O)c1nn(-c2ccc(F)c(F)c2)c2c1CCC2)C(=O)O. The number of carbonyl (C=O) groups excluding carboxylic acids is 1. The molecular weight excluding hydrogens is 348 g/mol. The van der Waals surface area contributed by atoms with Crippen molar-refractivity contribution in [3.05, 3.63) is 46.8 Å². The average Bonchev–Trinajstić information content (AvgIpc) is 3.17. The van der Waals surface area contributed by atoms with E-state index < -0.39 is 35.7 Å². The fourth-order valence-electron chi connectivity index (χ4n) is 2.86. The molecule has 0 bridgehead atoms. The van der Waals surface area contributed by atoms with Gasteiger partial charge in [-0.3, -0.25) is 4.79 Å². The summed E-state index contributed by atoms with van der Waals surface area (Å²) in [6.07, 6.45) is 2.00. The molecule has 1 aliphatic carbocycles. The largest absolute Gasteiger partial charge is 0.479 e. The Bertz CT molecular complexity index is 892. The van der Waals surface area contributed by atoms with E-state index in [1.807, 2.05) is 0 Å². The summed E-state index contributed by atoms with van der Waals surface area (Å²) in [4.78, 5) is 23.3. The van der Waals surface area contributed by atoms with Crippen molar-refractivity contribution in [1.29, 1.82) is 0 Å². The lowest BCUT2D eigenvalue weighted by molar-refractivity contribution is -0.155. The third kappa shape index (κ3) is 3.17. The van der Waals surface area contributed by atoms with E-state index in [2.05, 4.69) is 10.4 Å². The molecule has 0 aliphatic heterocycles. The Labute approximate surface area is 147 Å². The molecule has 0 spiro atoms. The van der Waals surface area contributed by atoms with E-state index in [0.717, 1.165) is 31.2 Å². The lowest BCUT2D eigenvalue weighted by atomic mass is 10.1. The maximum atomic E-state index is 13.5. The quantitative estimate of drug-likeness (QED) is 0.739. The highest BCUT2D eigenvalue weighted by atomic mass is 19.2. The molecule has 1 amide bonds. The Kier molecular flexibility index (Phi) is 4.49. The monoisotopic (exact) mass is 365 g/mol. The number of carboxylic acid groups (broad SMARTS) is 1. The number of hydrogen-bond acceptors (Lipinski definition) is 4. The minimum Gasteiger partial charge on any atom is -0.479 e. The van der Waals surface area contributed by atoms with E-state index in [4.69, 9.17) is 5.11 Å². The summed E-state index contributed by atoms with van der Waals surface area (Å²) >= 11 is 0. The molecule has 9 heteroatoms. The number of nitrogens with zero attached hydrogens (tertiary/aromatic N) is 2. The van der Waals surface area contributed by atoms with Gasteiger partial charge in [0.1, 0.15) is 0 Å². The number of aliphatic carboxylic acids is 1. The first kappa shape index (κ1) is 18.0. The van der Waals surface area contributed by atoms with Gasteiger partial charge in [0.05, 0.1) is 12.2 Å². The molecule has 1 aromatic carbocycles. The zero-order valence-corrected chi connectivity index (χ0v) is 13.9. The van der Waals surface area contributed by atoms with Gasteiger partial charge in [-0.1, -0.05) is 0 Å². The van der Waals surface area contributed by atoms with Crippen molar-refractivity contribution in [1.82, 2.24) is 15.1 Å². The second-order valence-corrected chi connectivity index (χ2v) is 6.40. The normalized spacial score (nSPS) is 15.4. The molecule has 1 heterocycles. The molecule has 0 radical (unpaired) electrons. The fraction of sp³-hybridized carbons (Fsp3) is 0.353. The summed E-state index contributed by atoms with van der Waals surface area (Å²) in [6, 6.07) is 3.34. The summed E-state index contributed by atoms with van der Waals surface area (Å²) in [6.45, 7) is 0.577. The number of carbonyl (C=O) groups is 2. The molecule has 3 rings (SSSR count). The summed E-state index contributed by atoms with van der Waals surface area (Å²) in [5.74, 6) is -4.10. The van der Waals surface area contributed by atoms with Crippen LogP contribution >= 0.6 is 0 Å². The van der Waals surface area contributed by atoms with Crippen molar-refractivity contribution >= 4 is 11.9 Å². The van der Waals surface area contributed by atoms with Crippen LogP contribution in [0.25, 0.3) is 5.69 Å². The first-order chi connectivity index (χ1) is 12.2. The number of carboxylic acids is 1. The van der Waals surface area contributed by atoms with Crippen LogP contribution in [0.1, 0.15) is 35.1 Å². The van der Waals surface area contributed by atoms with Crippen molar-refractivity contribution in [3.8, 4) is 5.69 Å². The van der Waals surface area contributed by atoms with Crippen LogP contribution in [0, 0.1) is 11.6 Å². The zero-order valence-electron chi connectivity index (χ0n) is 13.9. The molecule has 26 heavy (non-hydrogen) atoms. The lowest BCUT2D eigenvalue weighted by Gasteiger charge is -2.17. The van der Waals surface area contributed by atoms with Gasteiger partial charge < -0.3 is 15.5 Å². The van der Waals surface area contributed by atoms with Gasteiger partial charge in [-0.2, -0.15) is 5.10 Å². The summed E-state index contributed by atoms with van der Waals surface area (Å²) in [7, 11) is 0. The number of amides is 1. The van der Waals surface area contributed by atoms with E-state index in [1.165, 1.54) is 10.7 Å². The Balaban J connectivity index is 1.91. The third-order valence-electron chi connectivity index (χ3n) is 4.35. The maximum Gasteiger partial charge on any atom is 0.337 e. The molecule has 1 atom stereocenters. The Morgan fingerprint density at radius 3 is 2.69 bits per heavy atom. The first-order valence-corrected chi connectivity index (χ1v) is 8.01. The summed E-state index contributed by atoms with van der Waals surface area (Å²) in [5, 5.41) is 25.2. The molecule has 2 aromatic rings. The van der Waals surface area contributed by atoms with Gasteiger partial charge in [-0.15, -0.1) is 0 Å². The van der Waals surface area contributed by atoms with E-state index >= 15 is 0 Å². The highest BCUT2D eigenvalue weighted by Gasteiger charge is 2.32. The van der Waals surface area contributed by atoms with Crippen LogP contribution in [0.5, 0.6) is 0 Å². The zero-order chi connectivity index (χ0) is 19.1. The standard InChI is InChI=1S/C17H17F2N3O4/c1-17(26,16(24)25)8-20-15(23)14-10-3-2-4-13(10)22(21-14)9-5-6-11(18)12(19)7-9/h5-7,26H,2-4,8H2,1H3,(H,20,23)(H,24,25). The fourth-order valence-corrected chi connectivity index (χ4v) is 2.86. The molecule has 0 fully saturated rings. The number of fused-ring (bicyclic) bond motifs is 1. The maximum absolute atomic E-state index is 13.5. The van der Waals surface area contributed by atoms with Gasteiger partial charge in [0.25, 0.3) is 5.91 Å². The molecule has 1 aromatic heterocycles. The lowest BCUT2D eigenvalue weighted by Crippen LogP contribution is -2.46. The predicted octanol–water partition coefficient (Wildman–Crippen LogP) is 1.20. The minimum absolute atomic E-state index is 0.0865. The van der Waals surface area contributed by atoms with Crippen LogP contribution in [0.3, 0.4) is 0 Å². The van der Waals surface area contributed by atoms with Gasteiger partial charge >= 0.3 is 5.97 Å². The van der Waals surface area contributed by atoms with Gasteiger partial charge in [0.2, 0.25) is 0 Å². The van der Waals surface area contributed by atoms with E-state index in [-0.39, 0.29) is 5.69 Å². The Hall–Kier alpha value is -2.81. The number of aromatic nitrogens is 2. The van der Waals surface area contributed by atoms with Crippen LogP contribution in [0.2, 0.25) is 0 Å². The number of benzene rings is 1. The molecule has 3 N–H and O–H groups in total. The van der Waals surface area contributed by atoms with Crippen LogP contribution in [0.15, 0.2) is 18.2 Å². The van der Waals surface area contributed by atoms with Gasteiger partial charge in [-0.05, 0) is 38.3 Å². The van der Waals surface area contributed by atoms with E-state index in [1.54, 1.807) is 0 Å². The summed E-state index contributed by atoms with van der Waals surface area (Å²) in [5.41, 5.74) is -0.322. The number of aliphatic hydroxyl groups is 1. The van der Waals surface area contributed by atoms with Gasteiger partial charge in [-0.25, -0.2) is 18.3 Å². The van der Waals surface area contributed by atoms with Crippen molar-refractivity contribution in [3.63, 3.8) is 0 Å². The topological polar surface area (TPSA) is 104 Å². The predicted molar refractivity (Wildman–Crippen MR) is 86.1 cm³/mol. The second kappa shape index (κ2) is 6.49. The van der Waals surface area contributed by atoms with E-state index in [9.17, 15) is 23.5 Å². The molecule has 1 unspecified atom stereocenters. The van der Waals surface area contributed by atoms with Crippen LogP contribution in [-0.2, 0) is 17.6 Å². The molecule has 0 saturated carbocycles. The van der Waals surface area contributed by atoms with E-state index in [0.29, 0.717) is 24.1 Å². The van der Waals surface area contributed by atoms with Crippen molar-refractivity contribution < 1.29 is 28.6 Å². The highest BCUT2D eigenvalue weighted by molar-refractivity contribution is 5.94. The van der Waals surface area contributed by atoms with Crippen LogP contribution < -0.4 is 5.32 Å². The second-order valence-electron chi connectivity index (χ2n) is 6.40. The average molecular weight is 365 g/mol. The third-order valence-corrected chi connectivity index (χ3v) is 4.35. The molecule has 1 aliphatic rings. The number of halogens is 2. The number of hydrogen-bond donors (Lipinski definition) is 3. The molecule has 0 saturated heterocycles. The number of rotatable bonds is 5. The Morgan fingerprint density at radius 1 is 1.31 bits per heavy atom. The van der Waals surface area contributed by atoms with Crippen molar-refractivity contribution in [2.75, 3.05) is 6.54 Å². The number of nitrogens with one attached hydrogen (secondary N) is 1. The molecule has 7 nitrogen and oxygen atoms in total. The molecule has 138 valence electrons. The van der Waals surface area contributed by atoms with Crippen molar-refractivity contribution in [2.24, 2.45) is 0 Å². The molecular formula is C17H17F2N3O4. The van der Waals surface area contributed by atoms with Gasteiger partial charge in [0.15, 0.2) is 22.9 Å². The van der Waals surface area contributed by atoms with Crippen LogP contribution in [-0.4, -0.2) is 44.0 Å². The van der Waals surface area contributed by atoms with Gasteiger partial charge in [0, 0.05) is 17.3 Å². The smallest absolute Gasteiger partial charge is 0.337 e. The minimum atomic E-state index is -2.11.